The van der Waals surface area contributed by atoms with Crippen molar-refractivity contribution in [1.29, 1.82) is 0 Å². The Morgan fingerprint density at radius 1 is 0.524 bits per heavy atom. The van der Waals surface area contributed by atoms with Crippen LogP contribution in [0.3, 0.4) is 0 Å². The van der Waals surface area contributed by atoms with E-state index in [0.717, 1.165) is 45.3 Å². The van der Waals surface area contributed by atoms with E-state index in [2.05, 4.69) is 105 Å². The molecule has 0 aliphatic heterocycles. The first kappa shape index (κ1) is 61.4. The van der Waals surface area contributed by atoms with E-state index in [1.807, 2.05) is 169 Å². The van der Waals surface area contributed by atoms with Crippen molar-refractivity contribution in [2.45, 2.75) is 106 Å². The third kappa shape index (κ3) is 16.7. The van der Waals surface area contributed by atoms with Crippen LogP contribution in [0.4, 0.5) is 0 Å². The van der Waals surface area contributed by atoms with Crippen molar-refractivity contribution >= 4 is 23.5 Å². The molecule has 2 heterocycles. The quantitative estimate of drug-likeness (QED) is 0.0531. The van der Waals surface area contributed by atoms with Crippen molar-refractivity contribution in [2.75, 3.05) is 26.2 Å². The highest BCUT2D eigenvalue weighted by atomic mass is 16.2. The number of hydrogen-bond donors (Lipinski definition) is 3. The maximum atomic E-state index is 14.3. The van der Waals surface area contributed by atoms with E-state index < -0.39 is 6.04 Å². The lowest BCUT2D eigenvalue weighted by atomic mass is 9.84. The van der Waals surface area contributed by atoms with Crippen LogP contribution in [0.15, 0.2) is 194 Å². The minimum absolute atomic E-state index is 0.0405. The van der Waals surface area contributed by atoms with Crippen LogP contribution < -0.4 is 16.8 Å². The van der Waals surface area contributed by atoms with E-state index in [4.69, 9.17) is 21.4 Å². The highest BCUT2D eigenvalue weighted by molar-refractivity contribution is 5.95. The van der Waals surface area contributed by atoms with Gasteiger partial charge in [-0.25, -0.2) is 9.97 Å². The van der Waals surface area contributed by atoms with E-state index in [1.165, 1.54) is 0 Å². The van der Waals surface area contributed by atoms with Crippen molar-refractivity contribution in [2.24, 2.45) is 28.2 Å². The van der Waals surface area contributed by atoms with Gasteiger partial charge in [-0.3, -0.25) is 19.2 Å². The van der Waals surface area contributed by atoms with Gasteiger partial charge in [0.15, 0.2) is 0 Å². The van der Waals surface area contributed by atoms with Gasteiger partial charge < -0.3 is 35.7 Å². The van der Waals surface area contributed by atoms with Gasteiger partial charge in [0.25, 0.3) is 11.8 Å². The smallest absolute Gasteiger partial charge is 0.254 e. The predicted molar refractivity (Wildman–Crippen MR) is 329 cm³/mol. The van der Waals surface area contributed by atoms with Gasteiger partial charge in [-0.05, 0) is 65.0 Å². The molecule has 0 aliphatic rings. The van der Waals surface area contributed by atoms with Crippen molar-refractivity contribution in [1.82, 2.24) is 34.2 Å². The maximum absolute atomic E-state index is 14.3. The number of unbranched alkanes of at least 4 members (excludes halogenated alkanes) is 1. The van der Waals surface area contributed by atoms with E-state index in [9.17, 15) is 19.2 Å². The first-order valence-electron chi connectivity index (χ1n) is 28.6. The summed E-state index contributed by atoms with van der Waals surface area (Å²) in [5.41, 5.74) is 18.2. The average Bonchev–Trinajstić information content (AvgIpc) is 4.13. The van der Waals surface area contributed by atoms with Gasteiger partial charge >= 0.3 is 0 Å². The molecule has 0 bridgehead atoms. The van der Waals surface area contributed by atoms with Crippen LogP contribution in [-0.4, -0.2) is 84.6 Å². The minimum atomic E-state index is -0.453. The second-order valence-corrected chi connectivity index (χ2v) is 23.4. The molecule has 13 nitrogen and oxygen atoms in total. The largest absolute Gasteiger partial charge is 0.353 e. The molecule has 13 heteroatoms. The Kier molecular flexibility index (Phi) is 21.7. The summed E-state index contributed by atoms with van der Waals surface area (Å²) in [4.78, 5) is 67.1. The molecule has 428 valence electrons. The van der Waals surface area contributed by atoms with Gasteiger partial charge in [0.1, 0.15) is 17.4 Å². The number of carbonyl (C=O) groups excluding carboxylic acids is 4. The lowest BCUT2D eigenvalue weighted by molar-refractivity contribution is -0.121. The number of Topliss-reactive ketones (excluding diaryl/α,β-unsaturated/α-hetero) is 1. The SMILES string of the molecule is CC(C)(C)[C@H](c1nc(-c2ccccc2)cn1Cc1ccccc1)N(CCNC(=O)CN)C(=O)c1ccccc1.CC(C)C(N)C(=O)CCCCN(C(=O)c1ccccc1)[C@@H](c1nc(-c2ccccc2)cn1Cc1ccccc1)C(C)(C)C. The standard InChI is InChI=1S/C37H46N4O2.C32H37N5O2/c1-27(2)33(38)32(42)23-15-16-24-41(36(43)30-21-13-8-14-22-30)34(37(3,4)5)35-39-31(29-19-11-7-12-20-29)26-40(35)25-28-17-9-6-10-18-28;1-32(2,3)29(37(20-19-34-28(38)21-33)31(39)26-17-11-6-12-18-26)30-35-27(25-15-9-5-10-16-25)23-36(30)22-24-13-7-4-8-14-24/h6-14,17-22,26-27,33-34H,15-16,23-25,38H2,1-5H3;4-18,23,29H,19-22,33H2,1-3H3,(H,34,38)/t33?,34-;29-/m00/s1. The lowest BCUT2D eigenvalue weighted by Crippen LogP contribution is -2.46. The molecule has 0 spiro atoms. The minimum Gasteiger partial charge on any atom is -0.353 e. The number of carbonyl (C=O) groups is 4. The van der Waals surface area contributed by atoms with Gasteiger partial charge in [-0.15, -0.1) is 0 Å². The molecule has 0 fully saturated rings. The van der Waals surface area contributed by atoms with Gasteiger partial charge in [-0.1, -0.05) is 213 Å². The van der Waals surface area contributed by atoms with E-state index in [0.29, 0.717) is 56.6 Å². The molecule has 3 amide bonds. The van der Waals surface area contributed by atoms with Crippen LogP contribution in [0.1, 0.15) is 130 Å². The van der Waals surface area contributed by atoms with Crippen LogP contribution in [0.25, 0.3) is 22.5 Å². The highest BCUT2D eigenvalue weighted by Gasteiger charge is 2.40. The van der Waals surface area contributed by atoms with Crippen LogP contribution in [0.2, 0.25) is 0 Å². The predicted octanol–water partition coefficient (Wildman–Crippen LogP) is 12.5. The number of nitrogens with zero attached hydrogens (tertiary/aromatic N) is 6. The fourth-order valence-corrected chi connectivity index (χ4v) is 10.3. The van der Waals surface area contributed by atoms with Crippen molar-refractivity contribution in [3.05, 3.63) is 228 Å². The number of amides is 3. The highest BCUT2D eigenvalue weighted by Crippen LogP contribution is 2.42. The summed E-state index contributed by atoms with van der Waals surface area (Å²) in [6.45, 7) is 19.0. The van der Waals surface area contributed by atoms with Crippen LogP contribution in [-0.2, 0) is 22.7 Å². The molecule has 0 radical (unpaired) electrons. The topological polar surface area (TPSA) is 174 Å². The third-order valence-corrected chi connectivity index (χ3v) is 14.5. The van der Waals surface area contributed by atoms with Crippen molar-refractivity contribution in [3.63, 3.8) is 0 Å². The molecule has 8 aromatic rings. The number of rotatable bonds is 23. The fraction of sp³-hybridized carbons (Fsp3) is 0.333. The van der Waals surface area contributed by atoms with Crippen LogP contribution in [0, 0.1) is 16.7 Å². The van der Waals surface area contributed by atoms with Gasteiger partial charge in [0, 0.05) is 73.8 Å². The summed E-state index contributed by atoms with van der Waals surface area (Å²) in [5, 5.41) is 2.83. The summed E-state index contributed by atoms with van der Waals surface area (Å²) in [6.07, 6.45) is 5.94. The number of nitrogens with two attached hydrogens (primary N) is 2. The molecule has 1 unspecified atom stereocenters. The molecule has 0 aliphatic carbocycles. The molecule has 3 atom stereocenters. The van der Waals surface area contributed by atoms with Gasteiger partial charge in [0.2, 0.25) is 5.91 Å². The molecule has 5 N–H and O–H groups in total. The Bertz CT molecular complexity index is 3260. The first-order valence-corrected chi connectivity index (χ1v) is 28.6. The Balaban J connectivity index is 0.000000237. The lowest BCUT2D eigenvalue weighted by Gasteiger charge is -2.40. The number of aromatic nitrogens is 4. The van der Waals surface area contributed by atoms with E-state index >= 15 is 0 Å². The Hall–Kier alpha value is -8.26. The second kappa shape index (κ2) is 28.9. The fourth-order valence-electron chi connectivity index (χ4n) is 10.3. The number of nitrogens with one attached hydrogen (secondary N) is 1. The number of ketones is 1. The van der Waals surface area contributed by atoms with E-state index in [-0.39, 0.29) is 65.4 Å². The Morgan fingerprint density at radius 2 is 0.890 bits per heavy atom. The Labute approximate surface area is 485 Å². The Morgan fingerprint density at radius 3 is 1.26 bits per heavy atom. The molecule has 0 saturated heterocycles. The molecule has 2 aromatic heterocycles. The van der Waals surface area contributed by atoms with Crippen molar-refractivity contribution in [3.8, 4) is 22.5 Å². The normalized spacial score (nSPS) is 12.6. The van der Waals surface area contributed by atoms with Crippen molar-refractivity contribution < 1.29 is 19.2 Å². The zero-order valence-corrected chi connectivity index (χ0v) is 49.1. The monoisotopic (exact) mass is 1100 g/mol. The summed E-state index contributed by atoms with van der Waals surface area (Å²) in [5.74, 6) is 1.41. The second-order valence-electron chi connectivity index (χ2n) is 23.4. The summed E-state index contributed by atoms with van der Waals surface area (Å²) in [6, 6.07) is 58.3. The summed E-state index contributed by atoms with van der Waals surface area (Å²) < 4.78 is 4.35. The molecular weight excluding hydrogens is 1020 g/mol. The number of imidazole rings is 2. The molecule has 6 aromatic carbocycles. The third-order valence-electron chi connectivity index (χ3n) is 14.5. The average molecular weight is 1100 g/mol. The maximum Gasteiger partial charge on any atom is 0.254 e. The molecule has 82 heavy (non-hydrogen) atoms. The molecule has 8 rings (SSSR count). The molecule has 0 saturated carbocycles. The first-order chi connectivity index (χ1) is 39.3. The zero-order chi connectivity index (χ0) is 58.8. The number of hydrogen-bond acceptors (Lipinski definition) is 8. The van der Waals surface area contributed by atoms with E-state index in [1.54, 1.807) is 0 Å². The van der Waals surface area contributed by atoms with Gasteiger partial charge in [-0.2, -0.15) is 0 Å². The van der Waals surface area contributed by atoms with Crippen LogP contribution >= 0.6 is 0 Å². The summed E-state index contributed by atoms with van der Waals surface area (Å²) in [7, 11) is 0. The zero-order valence-electron chi connectivity index (χ0n) is 49.1. The van der Waals surface area contributed by atoms with Crippen LogP contribution in [0.5, 0.6) is 0 Å². The van der Waals surface area contributed by atoms with Gasteiger partial charge in [0.05, 0.1) is 36.1 Å². The summed E-state index contributed by atoms with van der Waals surface area (Å²) >= 11 is 0. The number of benzene rings is 6. The molecular formula is C69H83N9O4.